The maximum Gasteiger partial charge on any atom is 0.168 e. The van der Waals surface area contributed by atoms with Crippen molar-refractivity contribution in [3.8, 4) is 0 Å². The molecule has 0 aromatic carbocycles. The molecule has 1 aliphatic heterocycles. The molecule has 1 rings (SSSR count). The number of likely N-dealkylation sites (tertiary alicyclic amines) is 1. The molecular weight excluding hydrogens is 256 g/mol. The highest BCUT2D eigenvalue weighted by molar-refractivity contribution is 7.80. The zero-order chi connectivity index (χ0) is 14.3. The molecule has 0 atom stereocenters. The number of nitrogens with one attached hydrogen (secondary N) is 1. The topological polar surface area (TPSA) is 24.5 Å². The van der Waals surface area contributed by atoms with Crippen molar-refractivity contribution in [2.45, 2.75) is 47.0 Å². The summed E-state index contributed by atoms with van der Waals surface area (Å²) in [4.78, 5) is 2.32. The van der Waals surface area contributed by atoms with Crippen molar-refractivity contribution in [2.75, 3.05) is 32.8 Å². The van der Waals surface area contributed by atoms with Crippen molar-refractivity contribution in [3.05, 3.63) is 0 Å². The molecule has 1 saturated heterocycles. The SMILES string of the molecule is CCOCCCNC(=S)N1CCC(C(C)(C)C)CC1. The van der Waals surface area contributed by atoms with Crippen LogP contribution < -0.4 is 5.32 Å². The first-order valence-electron chi connectivity index (χ1n) is 7.55. The molecule has 19 heavy (non-hydrogen) atoms. The molecule has 0 aromatic rings. The standard InChI is InChI=1S/C15H30N2OS/c1-5-18-12-6-9-16-14(19)17-10-7-13(8-11-17)15(2,3)4/h13H,5-12H2,1-4H3,(H,16,19). The molecule has 1 N–H and O–H groups in total. The average molecular weight is 286 g/mol. The van der Waals surface area contributed by atoms with Gasteiger partial charge in [-0.3, -0.25) is 0 Å². The molecule has 1 aliphatic rings. The molecule has 0 unspecified atom stereocenters. The number of hydrogen-bond donors (Lipinski definition) is 1. The van der Waals surface area contributed by atoms with Crippen molar-refractivity contribution in [1.82, 2.24) is 10.2 Å². The molecule has 0 aliphatic carbocycles. The van der Waals surface area contributed by atoms with Crippen LogP contribution in [0.1, 0.15) is 47.0 Å². The van der Waals surface area contributed by atoms with Crippen LogP contribution in [0.2, 0.25) is 0 Å². The highest BCUT2D eigenvalue weighted by atomic mass is 32.1. The summed E-state index contributed by atoms with van der Waals surface area (Å²) in [5, 5.41) is 4.26. The van der Waals surface area contributed by atoms with E-state index in [2.05, 4.69) is 31.0 Å². The fourth-order valence-corrected chi connectivity index (χ4v) is 2.86. The first-order valence-corrected chi connectivity index (χ1v) is 7.96. The van der Waals surface area contributed by atoms with Gasteiger partial charge in [0.05, 0.1) is 0 Å². The van der Waals surface area contributed by atoms with Crippen molar-refractivity contribution < 1.29 is 4.74 Å². The Hall–Kier alpha value is -0.350. The molecule has 0 amide bonds. The van der Waals surface area contributed by atoms with Gasteiger partial charge in [0, 0.05) is 32.8 Å². The minimum absolute atomic E-state index is 0.429. The van der Waals surface area contributed by atoms with Crippen molar-refractivity contribution in [1.29, 1.82) is 0 Å². The lowest BCUT2D eigenvalue weighted by molar-refractivity contribution is 0.143. The van der Waals surface area contributed by atoms with Gasteiger partial charge in [-0.2, -0.15) is 0 Å². The summed E-state index contributed by atoms with van der Waals surface area (Å²) in [6.07, 6.45) is 3.53. The van der Waals surface area contributed by atoms with Gasteiger partial charge in [0.25, 0.3) is 0 Å². The van der Waals surface area contributed by atoms with Crippen LogP contribution in [-0.4, -0.2) is 42.9 Å². The molecular formula is C15H30N2OS. The van der Waals surface area contributed by atoms with Gasteiger partial charge in [0.15, 0.2) is 5.11 Å². The quantitative estimate of drug-likeness (QED) is 0.620. The van der Waals surface area contributed by atoms with E-state index in [0.717, 1.165) is 50.3 Å². The zero-order valence-corrected chi connectivity index (χ0v) is 13.8. The second-order valence-corrected chi connectivity index (χ2v) is 6.80. The molecule has 1 heterocycles. The zero-order valence-electron chi connectivity index (χ0n) is 13.0. The number of hydrogen-bond acceptors (Lipinski definition) is 2. The maximum atomic E-state index is 5.46. The van der Waals surface area contributed by atoms with Gasteiger partial charge >= 0.3 is 0 Å². The molecule has 0 saturated carbocycles. The summed E-state index contributed by atoms with van der Waals surface area (Å²) in [7, 11) is 0. The lowest BCUT2D eigenvalue weighted by atomic mass is 9.75. The molecule has 0 bridgehead atoms. The van der Waals surface area contributed by atoms with Gasteiger partial charge in [0.2, 0.25) is 0 Å². The summed E-state index contributed by atoms with van der Waals surface area (Å²) in [6.45, 7) is 13.8. The van der Waals surface area contributed by atoms with Gasteiger partial charge < -0.3 is 15.0 Å². The Morgan fingerprint density at radius 3 is 2.47 bits per heavy atom. The van der Waals surface area contributed by atoms with Crippen LogP contribution in [0.3, 0.4) is 0 Å². The molecule has 0 aromatic heterocycles. The first kappa shape index (κ1) is 16.7. The fourth-order valence-electron chi connectivity index (χ4n) is 2.57. The first-order chi connectivity index (χ1) is 8.95. The normalized spacial score (nSPS) is 17.6. The third-order valence-electron chi connectivity index (χ3n) is 3.95. The third kappa shape index (κ3) is 6.09. The van der Waals surface area contributed by atoms with Crippen LogP contribution in [-0.2, 0) is 4.74 Å². The van der Waals surface area contributed by atoms with Gasteiger partial charge in [-0.25, -0.2) is 0 Å². The van der Waals surface area contributed by atoms with Gasteiger partial charge in [-0.1, -0.05) is 20.8 Å². The summed E-state index contributed by atoms with van der Waals surface area (Å²) in [5.41, 5.74) is 0.429. The average Bonchev–Trinajstić information content (AvgIpc) is 2.37. The van der Waals surface area contributed by atoms with E-state index in [0.29, 0.717) is 5.41 Å². The maximum absolute atomic E-state index is 5.46. The largest absolute Gasteiger partial charge is 0.382 e. The Morgan fingerprint density at radius 1 is 1.32 bits per heavy atom. The van der Waals surface area contributed by atoms with Crippen LogP contribution in [0.5, 0.6) is 0 Å². The highest BCUT2D eigenvalue weighted by Crippen LogP contribution is 2.34. The summed E-state index contributed by atoms with van der Waals surface area (Å²) in [6, 6.07) is 0. The lowest BCUT2D eigenvalue weighted by Gasteiger charge is -2.39. The lowest BCUT2D eigenvalue weighted by Crippen LogP contribution is -2.46. The number of thiocarbonyl (C=S) groups is 1. The van der Waals surface area contributed by atoms with E-state index < -0.39 is 0 Å². The molecule has 4 heteroatoms. The molecule has 3 nitrogen and oxygen atoms in total. The van der Waals surface area contributed by atoms with E-state index in [1.165, 1.54) is 12.8 Å². The molecule has 0 radical (unpaired) electrons. The van der Waals surface area contributed by atoms with Gasteiger partial charge in [-0.05, 0) is 49.7 Å². The Morgan fingerprint density at radius 2 is 1.95 bits per heavy atom. The molecule has 112 valence electrons. The summed E-state index contributed by atoms with van der Waals surface area (Å²) >= 11 is 5.46. The van der Waals surface area contributed by atoms with E-state index in [1.54, 1.807) is 0 Å². The highest BCUT2D eigenvalue weighted by Gasteiger charge is 2.29. The minimum Gasteiger partial charge on any atom is -0.382 e. The van der Waals surface area contributed by atoms with Crippen LogP contribution >= 0.6 is 12.2 Å². The van der Waals surface area contributed by atoms with Crippen LogP contribution in [0.25, 0.3) is 0 Å². The van der Waals surface area contributed by atoms with Crippen LogP contribution in [0.4, 0.5) is 0 Å². The van der Waals surface area contributed by atoms with E-state index in [4.69, 9.17) is 17.0 Å². The minimum atomic E-state index is 0.429. The van der Waals surface area contributed by atoms with Crippen molar-refractivity contribution in [2.24, 2.45) is 11.3 Å². The Kier molecular flexibility index (Phi) is 7.08. The van der Waals surface area contributed by atoms with E-state index >= 15 is 0 Å². The summed E-state index contributed by atoms with van der Waals surface area (Å²) in [5.74, 6) is 0.824. The number of rotatable bonds is 5. The predicted octanol–water partition coefficient (Wildman–Crippen LogP) is 3.05. The monoisotopic (exact) mass is 286 g/mol. The Balaban J connectivity index is 2.18. The predicted molar refractivity (Wildman–Crippen MR) is 85.5 cm³/mol. The van der Waals surface area contributed by atoms with E-state index in [-0.39, 0.29) is 0 Å². The Bertz CT molecular complexity index is 268. The summed E-state index contributed by atoms with van der Waals surface area (Å²) < 4.78 is 5.32. The number of ether oxygens (including phenoxy) is 1. The van der Waals surface area contributed by atoms with Gasteiger partial charge in [0.1, 0.15) is 0 Å². The van der Waals surface area contributed by atoms with Gasteiger partial charge in [-0.15, -0.1) is 0 Å². The smallest absolute Gasteiger partial charge is 0.168 e. The fraction of sp³-hybridized carbons (Fsp3) is 0.933. The van der Waals surface area contributed by atoms with E-state index in [1.807, 2.05) is 6.92 Å². The third-order valence-corrected chi connectivity index (χ3v) is 4.36. The number of piperidine rings is 1. The van der Waals surface area contributed by atoms with Crippen LogP contribution in [0.15, 0.2) is 0 Å². The molecule has 0 spiro atoms. The second kappa shape index (κ2) is 8.05. The molecule has 1 fully saturated rings. The Labute approximate surface area is 124 Å². The van der Waals surface area contributed by atoms with Crippen molar-refractivity contribution in [3.63, 3.8) is 0 Å². The van der Waals surface area contributed by atoms with E-state index in [9.17, 15) is 0 Å². The van der Waals surface area contributed by atoms with Crippen molar-refractivity contribution >= 4 is 17.3 Å². The second-order valence-electron chi connectivity index (χ2n) is 6.41. The van der Waals surface area contributed by atoms with Crippen LogP contribution in [0, 0.1) is 11.3 Å². The number of nitrogens with zero attached hydrogens (tertiary/aromatic N) is 1.